The molecule has 0 aromatic heterocycles. The Bertz CT molecular complexity index is 432. The van der Waals surface area contributed by atoms with E-state index in [9.17, 15) is 14.0 Å². The Morgan fingerprint density at radius 1 is 1.26 bits per heavy atom. The molecule has 0 spiro atoms. The van der Waals surface area contributed by atoms with Crippen LogP contribution in [-0.2, 0) is 16.0 Å². The van der Waals surface area contributed by atoms with Gasteiger partial charge in [-0.25, -0.2) is 4.39 Å². The first-order valence-corrected chi connectivity index (χ1v) is 6.34. The third kappa shape index (κ3) is 5.50. The molecule has 2 amide bonds. The summed E-state index contributed by atoms with van der Waals surface area (Å²) in [5, 5.41) is 5.26. The van der Waals surface area contributed by atoms with Crippen molar-refractivity contribution in [3.05, 3.63) is 35.6 Å². The van der Waals surface area contributed by atoms with Gasteiger partial charge in [-0.05, 0) is 38.0 Å². The van der Waals surface area contributed by atoms with E-state index in [1.54, 1.807) is 19.1 Å². The molecule has 5 heteroatoms. The van der Waals surface area contributed by atoms with Crippen molar-refractivity contribution in [2.45, 2.75) is 32.7 Å². The second kappa shape index (κ2) is 7.51. The van der Waals surface area contributed by atoms with Crippen LogP contribution in [0, 0.1) is 5.82 Å². The number of hydrogen-bond donors (Lipinski definition) is 2. The monoisotopic (exact) mass is 266 g/mol. The van der Waals surface area contributed by atoms with Gasteiger partial charge in [-0.1, -0.05) is 12.1 Å². The highest BCUT2D eigenvalue weighted by atomic mass is 19.1. The Kier molecular flexibility index (Phi) is 5.99. The standard InChI is InChI=1S/C14H19FN2O2/c1-3-16-14(19)10(2)17-13(18)9-6-11-4-7-12(15)8-5-11/h4-5,7-8,10H,3,6,9H2,1-2H3,(H,16,19)(H,17,18). The summed E-state index contributed by atoms with van der Waals surface area (Å²) in [6.45, 7) is 4.00. The van der Waals surface area contributed by atoms with Crippen LogP contribution in [0.1, 0.15) is 25.8 Å². The van der Waals surface area contributed by atoms with Gasteiger partial charge in [0.15, 0.2) is 0 Å². The number of carbonyl (C=O) groups is 2. The summed E-state index contributed by atoms with van der Waals surface area (Å²) in [7, 11) is 0. The molecule has 19 heavy (non-hydrogen) atoms. The van der Waals surface area contributed by atoms with Gasteiger partial charge in [0.2, 0.25) is 11.8 Å². The number of rotatable bonds is 6. The Morgan fingerprint density at radius 2 is 1.89 bits per heavy atom. The van der Waals surface area contributed by atoms with Gasteiger partial charge in [0.25, 0.3) is 0 Å². The number of halogens is 1. The molecule has 4 nitrogen and oxygen atoms in total. The maximum atomic E-state index is 12.7. The average Bonchev–Trinajstić information content (AvgIpc) is 2.38. The fourth-order valence-corrected chi connectivity index (χ4v) is 1.62. The Morgan fingerprint density at radius 3 is 2.47 bits per heavy atom. The lowest BCUT2D eigenvalue weighted by Crippen LogP contribution is -2.44. The molecule has 0 fully saturated rings. The van der Waals surface area contributed by atoms with Crippen molar-refractivity contribution in [1.82, 2.24) is 10.6 Å². The molecule has 2 N–H and O–H groups in total. The lowest BCUT2D eigenvalue weighted by atomic mass is 10.1. The van der Waals surface area contributed by atoms with E-state index in [1.807, 2.05) is 6.92 Å². The van der Waals surface area contributed by atoms with Gasteiger partial charge in [-0.15, -0.1) is 0 Å². The van der Waals surface area contributed by atoms with E-state index in [2.05, 4.69) is 10.6 Å². The minimum absolute atomic E-state index is 0.192. The van der Waals surface area contributed by atoms with Crippen molar-refractivity contribution < 1.29 is 14.0 Å². The van der Waals surface area contributed by atoms with Crippen LogP contribution in [0.2, 0.25) is 0 Å². The average molecular weight is 266 g/mol. The van der Waals surface area contributed by atoms with Crippen LogP contribution in [0.25, 0.3) is 0 Å². The second-order valence-corrected chi connectivity index (χ2v) is 4.31. The molecule has 1 rings (SSSR count). The first kappa shape index (κ1) is 15.1. The molecule has 0 aliphatic rings. The number of nitrogens with one attached hydrogen (secondary N) is 2. The van der Waals surface area contributed by atoms with Gasteiger partial charge in [-0.3, -0.25) is 9.59 Å². The zero-order valence-corrected chi connectivity index (χ0v) is 11.2. The van der Waals surface area contributed by atoms with Crippen LogP contribution in [0.4, 0.5) is 4.39 Å². The van der Waals surface area contributed by atoms with Crippen LogP contribution >= 0.6 is 0 Å². The number of hydrogen-bond acceptors (Lipinski definition) is 2. The summed E-state index contributed by atoms with van der Waals surface area (Å²) in [5.74, 6) is -0.682. The molecule has 1 aromatic carbocycles. The van der Waals surface area contributed by atoms with Gasteiger partial charge in [-0.2, -0.15) is 0 Å². The Labute approximate surface area is 112 Å². The summed E-state index contributed by atoms with van der Waals surface area (Å²) >= 11 is 0. The summed E-state index contributed by atoms with van der Waals surface area (Å²) in [4.78, 5) is 23.1. The van der Waals surface area contributed by atoms with Gasteiger partial charge >= 0.3 is 0 Å². The molecule has 0 bridgehead atoms. The summed E-state index contributed by atoms with van der Waals surface area (Å²) < 4.78 is 12.7. The molecular formula is C14H19FN2O2. The van der Waals surface area contributed by atoms with Gasteiger partial charge in [0, 0.05) is 13.0 Å². The number of aryl methyl sites for hydroxylation is 1. The summed E-state index contributed by atoms with van der Waals surface area (Å²) in [5.41, 5.74) is 0.891. The first-order valence-electron chi connectivity index (χ1n) is 6.34. The zero-order valence-electron chi connectivity index (χ0n) is 11.2. The van der Waals surface area contributed by atoms with E-state index in [1.165, 1.54) is 12.1 Å². The number of benzene rings is 1. The Balaban J connectivity index is 2.35. The van der Waals surface area contributed by atoms with Gasteiger partial charge in [0.05, 0.1) is 0 Å². The van der Waals surface area contributed by atoms with E-state index in [0.29, 0.717) is 13.0 Å². The lowest BCUT2D eigenvalue weighted by Gasteiger charge is -2.13. The SMILES string of the molecule is CCNC(=O)C(C)NC(=O)CCc1ccc(F)cc1. The van der Waals surface area contributed by atoms with Crippen LogP contribution in [-0.4, -0.2) is 24.4 Å². The molecule has 0 aliphatic carbocycles. The molecular weight excluding hydrogens is 247 g/mol. The predicted molar refractivity (Wildman–Crippen MR) is 71.0 cm³/mol. The van der Waals surface area contributed by atoms with Crippen LogP contribution < -0.4 is 10.6 Å². The lowest BCUT2D eigenvalue weighted by molar-refractivity contribution is -0.128. The smallest absolute Gasteiger partial charge is 0.242 e. The van der Waals surface area contributed by atoms with Crippen molar-refractivity contribution in [3.8, 4) is 0 Å². The number of amides is 2. The highest BCUT2D eigenvalue weighted by Crippen LogP contribution is 2.05. The third-order valence-corrected chi connectivity index (χ3v) is 2.68. The molecule has 1 atom stereocenters. The summed E-state index contributed by atoms with van der Waals surface area (Å²) in [6.07, 6.45) is 0.795. The van der Waals surface area contributed by atoms with E-state index < -0.39 is 6.04 Å². The molecule has 0 heterocycles. The largest absolute Gasteiger partial charge is 0.355 e. The molecule has 0 saturated carbocycles. The number of carbonyl (C=O) groups excluding carboxylic acids is 2. The first-order chi connectivity index (χ1) is 9.02. The van der Waals surface area contributed by atoms with E-state index in [-0.39, 0.29) is 24.1 Å². The van der Waals surface area contributed by atoms with E-state index in [0.717, 1.165) is 5.56 Å². The molecule has 1 unspecified atom stereocenters. The summed E-state index contributed by atoms with van der Waals surface area (Å²) in [6, 6.07) is 5.49. The van der Waals surface area contributed by atoms with Gasteiger partial charge < -0.3 is 10.6 Å². The highest BCUT2D eigenvalue weighted by Gasteiger charge is 2.14. The minimum Gasteiger partial charge on any atom is -0.355 e. The highest BCUT2D eigenvalue weighted by molar-refractivity contribution is 5.87. The molecule has 0 saturated heterocycles. The Hall–Kier alpha value is -1.91. The van der Waals surface area contributed by atoms with Crippen LogP contribution in [0.5, 0.6) is 0 Å². The third-order valence-electron chi connectivity index (χ3n) is 2.68. The topological polar surface area (TPSA) is 58.2 Å². The minimum atomic E-state index is -0.541. The quantitative estimate of drug-likeness (QED) is 0.817. The molecule has 1 aromatic rings. The van der Waals surface area contributed by atoms with Crippen molar-refractivity contribution in [2.24, 2.45) is 0 Å². The fourth-order valence-electron chi connectivity index (χ4n) is 1.62. The van der Waals surface area contributed by atoms with Crippen molar-refractivity contribution in [1.29, 1.82) is 0 Å². The van der Waals surface area contributed by atoms with E-state index in [4.69, 9.17) is 0 Å². The van der Waals surface area contributed by atoms with E-state index >= 15 is 0 Å². The fraction of sp³-hybridized carbons (Fsp3) is 0.429. The molecule has 0 aliphatic heterocycles. The van der Waals surface area contributed by atoms with Crippen molar-refractivity contribution in [3.63, 3.8) is 0 Å². The van der Waals surface area contributed by atoms with Gasteiger partial charge in [0.1, 0.15) is 11.9 Å². The second-order valence-electron chi connectivity index (χ2n) is 4.31. The predicted octanol–water partition coefficient (Wildman–Crippen LogP) is 1.40. The van der Waals surface area contributed by atoms with Crippen molar-refractivity contribution in [2.75, 3.05) is 6.54 Å². The normalized spacial score (nSPS) is 11.7. The molecule has 0 radical (unpaired) electrons. The van der Waals surface area contributed by atoms with Crippen LogP contribution in [0.3, 0.4) is 0 Å². The van der Waals surface area contributed by atoms with Crippen molar-refractivity contribution >= 4 is 11.8 Å². The molecule has 104 valence electrons. The number of likely N-dealkylation sites (N-methyl/N-ethyl adjacent to an activating group) is 1. The van der Waals surface area contributed by atoms with Crippen LogP contribution in [0.15, 0.2) is 24.3 Å². The zero-order chi connectivity index (χ0) is 14.3. The maximum absolute atomic E-state index is 12.7. The maximum Gasteiger partial charge on any atom is 0.242 e.